The largest absolute Gasteiger partial charge is 0.369 e. The molecule has 2 amide bonds. The maximum absolute atomic E-state index is 12.4. The van der Waals surface area contributed by atoms with Crippen molar-refractivity contribution in [3.8, 4) is 12.3 Å². The topological polar surface area (TPSA) is 111 Å². The van der Waals surface area contributed by atoms with E-state index in [4.69, 9.17) is 6.42 Å². The van der Waals surface area contributed by atoms with Crippen LogP contribution in [0.25, 0.3) is 11.0 Å². The van der Waals surface area contributed by atoms with Gasteiger partial charge in [0, 0.05) is 55.5 Å². The number of hydrogen-bond acceptors (Lipinski definition) is 8. The van der Waals surface area contributed by atoms with E-state index in [2.05, 4.69) is 70.8 Å². The molecule has 3 N–H and O–H groups in total. The molecule has 5 rings (SSSR count). The number of terminal acetylenes is 1. The molecule has 0 unspecified atom stereocenters. The van der Waals surface area contributed by atoms with E-state index in [1.54, 1.807) is 18.5 Å². The second kappa shape index (κ2) is 10.9. The molecule has 0 spiro atoms. The van der Waals surface area contributed by atoms with Crippen LogP contribution in [0.3, 0.4) is 0 Å². The van der Waals surface area contributed by atoms with Gasteiger partial charge in [0.1, 0.15) is 5.82 Å². The van der Waals surface area contributed by atoms with Gasteiger partial charge in [0.15, 0.2) is 5.65 Å². The van der Waals surface area contributed by atoms with E-state index in [1.807, 2.05) is 30.3 Å². The molecule has 10 nitrogen and oxygen atoms in total. The quantitative estimate of drug-likeness (QED) is 0.351. The minimum atomic E-state index is -0.423. The van der Waals surface area contributed by atoms with Crippen LogP contribution in [0.2, 0.25) is 0 Å². The number of aromatic nitrogens is 4. The summed E-state index contributed by atoms with van der Waals surface area (Å²) in [4.78, 5) is 34.7. The monoisotopic (exact) mass is 493 g/mol. The van der Waals surface area contributed by atoms with E-state index in [0.717, 1.165) is 37.6 Å². The number of carbonyl (C=O) groups is 1. The number of benzene rings is 1. The average Bonchev–Trinajstić information content (AvgIpc) is 2.93. The number of pyridine rings is 2. The van der Waals surface area contributed by atoms with Gasteiger partial charge >= 0.3 is 6.03 Å². The molecule has 4 heterocycles. The van der Waals surface area contributed by atoms with Crippen LogP contribution in [-0.2, 0) is 6.54 Å². The van der Waals surface area contributed by atoms with Gasteiger partial charge in [0.2, 0.25) is 5.95 Å². The summed E-state index contributed by atoms with van der Waals surface area (Å²) in [6.07, 6.45) is 9.01. The maximum Gasteiger partial charge on any atom is 0.320 e. The molecule has 3 aromatic heterocycles. The lowest BCUT2D eigenvalue weighted by Crippen LogP contribution is -2.44. The van der Waals surface area contributed by atoms with Crippen molar-refractivity contribution in [3.05, 3.63) is 72.2 Å². The van der Waals surface area contributed by atoms with E-state index in [-0.39, 0.29) is 6.54 Å². The molecule has 1 saturated heterocycles. The van der Waals surface area contributed by atoms with Gasteiger partial charge in [-0.15, -0.1) is 6.42 Å². The summed E-state index contributed by atoms with van der Waals surface area (Å²) in [6, 6.07) is 14.9. The molecule has 0 aliphatic carbocycles. The number of piperazine rings is 1. The highest BCUT2D eigenvalue weighted by atomic mass is 16.2. The average molecular weight is 494 g/mol. The number of amides is 2. The van der Waals surface area contributed by atoms with Gasteiger partial charge in [-0.2, -0.15) is 4.98 Å². The van der Waals surface area contributed by atoms with Gasteiger partial charge in [-0.05, 0) is 49.5 Å². The lowest BCUT2D eigenvalue weighted by atomic mass is 10.2. The first-order chi connectivity index (χ1) is 18.1. The summed E-state index contributed by atoms with van der Waals surface area (Å²) >= 11 is 0. The summed E-state index contributed by atoms with van der Waals surface area (Å²) in [5, 5.41) is 9.31. The molecular weight excluding hydrogens is 466 g/mol. The van der Waals surface area contributed by atoms with Crippen molar-refractivity contribution in [2.24, 2.45) is 0 Å². The van der Waals surface area contributed by atoms with Crippen LogP contribution in [0.1, 0.15) is 11.3 Å². The van der Waals surface area contributed by atoms with Crippen molar-refractivity contribution in [1.82, 2.24) is 30.2 Å². The van der Waals surface area contributed by atoms with E-state index in [0.29, 0.717) is 28.4 Å². The molecule has 0 saturated carbocycles. The molecule has 1 fully saturated rings. The second-order valence-corrected chi connectivity index (χ2v) is 8.72. The highest BCUT2D eigenvalue weighted by Gasteiger charge is 2.14. The molecule has 0 radical (unpaired) electrons. The zero-order valence-corrected chi connectivity index (χ0v) is 20.5. The molecular formula is C27H27N9O. The van der Waals surface area contributed by atoms with E-state index in [9.17, 15) is 4.79 Å². The first-order valence-corrected chi connectivity index (χ1v) is 12.0. The zero-order valence-electron chi connectivity index (χ0n) is 20.5. The Morgan fingerprint density at radius 2 is 1.86 bits per heavy atom. The number of urea groups is 1. The third-order valence-electron chi connectivity index (χ3n) is 6.11. The SMILES string of the molecule is C#Cc1cc(NC(=O)NCc2ccccn2)nc2nc(Nc3ccc(N4CCN(C)CC4)cc3)ncc12. The van der Waals surface area contributed by atoms with Gasteiger partial charge < -0.3 is 20.4 Å². The first-order valence-electron chi connectivity index (χ1n) is 12.0. The highest BCUT2D eigenvalue weighted by molar-refractivity contribution is 5.91. The summed E-state index contributed by atoms with van der Waals surface area (Å²) in [7, 11) is 2.15. The Hall–Kier alpha value is -4.75. The van der Waals surface area contributed by atoms with Crippen molar-refractivity contribution in [1.29, 1.82) is 0 Å². The third kappa shape index (κ3) is 5.91. The van der Waals surface area contributed by atoms with Crippen LogP contribution in [0, 0.1) is 12.3 Å². The van der Waals surface area contributed by atoms with Crippen molar-refractivity contribution in [2.45, 2.75) is 6.54 Å². The van der Waals surface area contributed by atoms with Gasteiger partial charge in [0.05, 0.1) is 17.6 Å². The Morgan fingerprint density at radius 3 is 2.59 bits per heavy atom. The van der Waals surface area contributed by atoms with E-state index >= 15 is 0 Å². The number of fused-ring (bicyclic) bond motifs is 1. The number of likely N-dealkylation sites (N-methyl/N-ethyl adjacent to an activating group) is 1. The summed E-state index contributed by atoms with van der Waals surface area (Å²) < 4.78 is 0. The molecule has 4 aromatic rings. The normalized spacial score (nSPS) is 13.7. The fourth-order valence-corrected chi connectivity index (χ4v) is 4.04. The predicted octanol–water partition coefficient (Wildman–Crippen LogP) is 3.22. The Balaban J connectivity index is 1.28. The Kier molecular flexibility index (Phi) is 7.05. The lowest BCUT2D eigenvalue weighted by Gasteiger charge is -2.34. The lowest BCUT2D eigenvalue weighted by molar-refractivity contribution is 0.251. The third-order valence-corrected chi connectivity index (χ3v) is 6.11. The molecule has 0 atom stereocenters. The van der Waals surface area contributed by atoms with E-state index in [1.165, 1.54) is 5.69 Å². The minimum Gasteiger partial charge on any atom is -0.369 e. The maximum atomic E-state index is 12.4. The number of hydrogen-bond donors (Lipinski definition) is 3. The Morgan fingerprint density at radius 1 is 1.05 bits per heavy atom. The molecule has 1 aromatic carbocycles. The van der Waals surface area contributed by atoms with Crippen LogP contribution in [0.5, 0.6) is 0 Å². The fourth-order valence-electron chi connectivity index (χ4n) is 4.04. The van der Waals surface area contributed by atoms with Crippen LogP contribution in [0.15, 0.2) is 60.9 Å². The smallest absolute Gasteiger partial charge is 0.320 e. The van der Waals surface area contributed by atoms with Gasteiger partial charge in [0.25, 0.3) is 0 Å². The van der Waals surface area contributed by atoms with Crippen molar-refractivity contribution in [3.63, 3.8) is 0 Å². The molecule has 1 aliphatic rings. The van der Waals surface area contributed by atoms with Gasteiger partial charge in [-0.3, -0.25) is 10.3 Å². The predicted molar refractivity (Wildman–Crippen MR) is 145 cm³/mol. The number of nitrogens with one attached hydrogen (secondary N) is 3. The van der Waals surface area contributed by atoms with Crippen LogP contribution in [0.4, 0.5) is 27.9 Å². The van der Waals surface area contributed by atoms with Crippen LogP contribution in [-0.4, -0.2) is 64.1 Å². The zero-order chi connectivity index (χ0) is 25.6. The molecule has 0 bridgehead atoms. The number of rotatable bonds is 6. The Labute approximate surface area is 215 Å². The first kappa shape index (κ1) is 24.0. The molecule has 1 aliphatic heterocycles. The van der Waals surface area contributed by atoms with Gasteiger partial charge in [-0.1, -0.05) is 12.0 Å². The molecule has 37 heavy (non-hydrogen) atoms. The summed E-state index contributed by atoms with van der Waals surface area (Å²) in [5.41, 5.74) is 3.71. The van der Waals surface area contributed by atoms with Crippen molar-refractivity contribution >= 4 is 40.2 Å². The Bertz CT molecular complexity index is 1430. The minimum absolute atomic E-state index is 0.284. The summed E-state index contributed by atoms with van der Waals surface area (Å²) in [5.74, 6) is 3.29. The second-order valence-electron chi connectivity index (χ2n) is 8.72. The van der Waals surface area contributed by atoms with Crippen LogP contribution >= 0.6 is 0 Å². The number of nitrogens with zero attached hydrogens (tertiary/aromatic N) is 6. The van der Waals surface area contributed by atoms with Crippen molar-refractivity contribution < 1.29 is 4.79 Å². The standard InChI is InChI=1S/C27H27N9O/c1-3-19-16-24(33-27(37)30-17-21-6-4-5-11-28-21)32-25-23(19)18-29-26(34-25)31-20-7-9-22(10-8-20)36-14-12-35(2)13-15-36/h1,4-11,16,18H,12-15,17H2,2H3,(H3,29,30,31,32,33,34,37). The highest BCUT2D eigenvalue weighted by Crippen LogP contribution is 2.23. The number of anilines is 4. The fraction of sp³-hybridized carbons (Fsp3) is 0.222. The summed E-state index contributed by atoms with van der Waals surface area (Å²) in [6.45, 7) is 4.42. The van der Waals surface area contributed by atoms with Gasteiger partial charge in [-0.25, -0.2) is 14.8 Å². The van der Waals surface area contributed by atoms with E-state index < -0.39 is 6.03 Å². The number of carbonyl (C=O) groups excluding carboxylic acids is 1. The molecule has 186 valence electrons. The van der Waals surface area contributed by atoms with Crippen LogP contribution < -0.4 is 20.9 Å². The van der Waals surface area contributed by atoms with Crippen molar-refractivity contribution in [2.75, 3.05) is 48.8 Å². The molecule has 10 heteroatoms.